The van der Waals surface area contributed by atoms with Gasteiger partial charge in [-0.05, 0) is 30.9 Å². The smallest absolute Gasteiger partial charge is 0.123 e. The summed E-state index contributed by atoms with van der Waals surface area (Å²) in [6.07, 6.45) is 2.48. The van der Waals surface area contributed by atoms with E-state index in [0.29, 0.717) is 12.0 Å². The molecule has 1 aliphatic heterocycles. The Labute approximate surface area is 118 Å². The molecule has 1 aliphatic rings. The zero-order valence-corrected chi connectivity index (χ0v) is 12.3. The average Bonchev–Trinajstić information content (AvgIpc) is 3.10. The van der Waals surface area contributed by atoms with E-state index in [9.17, 15) is 0 Å². The van der Waals surface area contributed by atoms with Crippen LogP contribution in [0.15, 0.2) is 29.6 Å². The minimum atomic E-state index is 0.472. The van der Waals surface area contributed by atoms with Crippen LogP contribution in [0.3, 0.4) is 0 Å². The molecule has 1 fully saturated rings. The second-order valence-corrected chi connectivity index (χ2v) is 6.36. The quantitative estimate of drug-likeness (QED) is 0.898. The molecule has 0 amide bonds. The van der Waals surface area contributed by atoms with Crippen LogP contribution >= 0.6 is 11.3 Å². The molecule has 1 unspecified atom stereocenters. The highest BCUT2D eigenvalue weighted by molar-refractivity contribution is 7.13. The van der Waals surface area contributed by atoms with E-state index in [0.717, 1.165) is 11.6 Å². The molecule has 1 saturated heterocycles. The Morgan fingerprint density at radius 1 is 1.26 bits per heavy atom. The molecule has 0 radical (unpaired) electrons. The highest BCUT2D eigenvalue weighted by Crippen LogP contribution is 2.30. The third-order valence-corrected chi connectivity index (χ3v) is 4.67. The fraction of sp³-hybridized carbons (Fsp3) is 0.438. The van der Waals surface area contributed by atoms with Crippen molar-refractivity contribution in [2.45, 2.75) is 38.6 Å². The second kappa shape index (κ2) is 5.43. The summed E-state index contributed by atoms with van der Waals surface area (Å²) in [7, 11) is 0. The Morgan fingerprint density at radius 3 is 2.68 bits per heavy atom. The highest BCUT2D eigenvalue weighted by Gasteiger charge is 2.19. The van der Waals surface area contributed by atoms with Gasteiger partial charge in [0.05, 0.1) is 11.7 Å². The van der Waals surface area contributed by atoms with Gasteiger partial charge < -0.3 is 5.32 Å². The van der Waals surface area contributed by atoms with Crippen molar-refractivity contribution >= 4 is 11.3 Å². The molecule has 2 aromatic rings. The van der Waals surface area contributed by atoms with Gasteiger partial charge in [-0.15, -0.1) is 11.3 Å². The molecular formula is C16H20N2S. The standard InChI is InChI=1S/C16H20N2S/c1-11(2)12-5-7-13(8-6-12)16-18-15(10-19-16)14-4-3-9-17-14/h5-8,10-11,14,17H,3-4,9H2,1-2H3. The maximum atomic E-state index is 4.79. The van der Waals surface area contributed by atoms with E-state index in [1.165, 1.54) is 29.7 Å². The number of hydrogen-bond acceptors (Lipinski definition) is 3. The van der Waals surface area contributed by atoms with Crippen LogP contribution in [0.2, 0.25) is 0 Å². The molecule has 1 aromatic carbocycles. The number of aromatic nitrogens is 1. The molecule has 0 spiro atoms. The number of thiazole rings is 1. The van der Waals surface area contributed by atoms with Gasteiger partial charge in [-0.1, -0.05) is 38.1 Å². The lowest BCUT2D eigenvalue weighted by atomic mass is 10.0. The third-order valence-electron chi connectivity index (χ3n) is 3.76. The first-order valence-electron chi connectivity index (χ1n) is 7.03. The van der Waals surface area contributed by atoms with E-state index >= 15 is 0 Å². The van der Waals surface area contributed by atoms with E-state index in [2.05, 4.69) is 48.8 Å². The zero-order valence-electron chi connectivity index (χ0n) is 11.5. The Bertz CT molecular complexity index is 536. The number of rotatable bonds is 3. The van der Waals surface area contributed by atoms with Gasteiger partial charge in [-0.25, -0.2) is 4.98 Å². The van der Waals surface area contributed by atoms with E-state index in [-0.39, 0.29) is 0 Å². The lowest BCUT2D eigenvalue weighted by molar-refractivity contribution is 0.632. The molecular weight excluding hydrogens is 252 g/mol. The van der Waals surface area contributed by atoms with E-state index in [4.69, 9.17) is 4.98 Å². The fourth-order valence-electron chi connectivity index (χ4n) is 2.53. The number of nitrogens with one attached hydrogen (secondary N) is 1. The van der Waals surface area contributed by atoms with Crippen molar-refractivity contribution in [3.05, 3.63) is 40.9 Å². The van der Waals surface area contributed by atoms with Gasteiger partial charge in [0, 0.05) is 10.9 Å². The first kappa shape index (κ1) is 12.8. The van der Waals surface area contributed by atoms with Crippen molar-refractivity contribution in [1.82, 2.24) is 10.3 Å². The summed E-state index contributed by atoms with van der Waals surface area (Å²) in [6.45, 7) is 5.57. The second-order valence-electron chi connectivity index (χ2n) is 5.50. The average molecular weight is 272 g/mol. The van der Waals surface area contributed by atoms with Crippen LogP contribution in [0, 0.1) is 0 Å². The normalized spacial score (nSPS) is 19.2. The largest absolute Gasteiger partial charge is 0.309 e. The SMILES string of the molecule is CC(C)c1ccc(-c2nc(C3CCCN3)cs2)cc1. The van der Waals surface area contributed by atoms with Gasteiger partial charge in [0.25, 0.3) is 0 Å². The van der Waals surface area contributed by atoms with Crippen molar-refractivity contribution in [3.63, 3.8) is 0 Å². The van der Waals surface area contributed by atoms with Gasteiger partial charge >= 0.3 is 0 Å². The maximum absolute atomic E-state index is 4.79. The Balaban J connectivity index is 1.81. The Hall–Kier alpha value is -1.19. The van der Waals surface area contributed by atoms with Crippen LogP contribution in [-0.4, -0.2) is 11.5 Å². The maximum Gasteiger partial charge on any atom is 0.123 e. The van der Waals surface area contributed by atoms with Gasteiger partial charge in [-0.2, -0.15) is 0 Å². The summed E-state index contributed by atoms with van der Waals surface area (Å²) < 4.78 is 0. The number of hydrogen-bond donors (Lipinski definition) is 1. The van der Waals surface area contributed by atoms with E-state index < -0.39 is 0 Å². The minimum absolute atomic E-state index is 0.472. The lowest BCUT2D eigenvalue weighted by Crippen LogP contribution is -2.12. The topological polar surface area (TPSA) is 24.9 Å². The lowest BCUT2D eigenvalue weighted by Gasteiger charge is -2.06. The summed E-state index contributed by atoms with van der Waals surface area (Å²) in [5, 5.41) is 6.85. The van der Waals surface area contributed by atoms with Gasteiger partial charge in [-0.3, -0.25) is 0 Å². The van der Waals surface area contributed by atoms with Crippen LogP contribution in [-0.2, 0) is 0 Å². The number of benzene rings is 1. The predicted molar refractivity (Wildman–Crippen MR) is 81.6 cm³/mol. The molecule has 0 saturated carbocycles. The van der Waals surface area contributed by atoms with Crippen LogP contribution in [0.25, 0.3) is 10.6 Å². The molecule has 1 aromatic heterocycles. The molecule has 100 valence electrons. The van der Waals surface area contributed by atoms with Crippen molar-refractivity contribution in [2.75, 3.05) is 6.54 Å². The van der Waals surface area contributed by atoms with E-state index in [1.54, 1.807) is 11.3 Å². The molecule has 3 rings (SSSR count). The summed E-state index contributed by atoms with van der Waals surface area (Å²) >= 11 is 1.75. The zero-order chi connectivity index (χ0) is 13.2. The molecule has 19 heavy (non-hydrogen) atoms. The minimum Gasteiger partial charge on any atom is -0.309 e. The molecule has 1 N–H and O–H groups in total. The molecule has 0 aliphatic carbocycles. The Morgan fingerprint density at radius 2 is 2.05 bits per heavy atom. The van der Waals surface area contributed by atoms with Crippen LogP contribution < -0.4 is 5.32 Å². The van der Waals surface area contributed by atoms with Gasteiger partial charge in [0.1, 0.15) is 5.01 Å². The molecule has 2 heterocycles. The van der Waals surface area contributed by atoms with Crippen molar-refractivity contribution < 1.29 is 0 Å². The van der Waals surface area contributed by atoms with Crippen molar-refractivity contribution in [1.29, 1.82) is 0 Å². The molecule has 1 atom stereocenters. The molecule has 2 nitrogen and oxygen atoms in total. The van der Waals surface area contributed by atoms with Gasteiger partial charge in [0.15, 0.2) is 0 Å². The predicted octanol–water partition coefficient (Wildman–Crippen LogP) is 4.36. The fourth-order valence-corrected chi connectivity index (χ4v) is 3.41. The van der Waals surface area contributed by atoms with Crippen LogP contribution in [0.4, 0.5) is 0 Å². The summed E-state index contributed by atoms with van der Waals surface area (Å²) in [5.41, 5.74) is 3.84. The number of nitrogens with zero attached hydrogens (tertiary/aromatic N) is 1. The van der Waals surface area contributed by atoms with Crippen molar-refractivity contribution in [2.24, 2.45) is 0 Å². The monoisotopic (exact) mass is 272 g/mol. The highest BCUT2D eigenvalue weighted by atomic mass is 32.1. The Kier molecular flexibility index (Phi) is 3.67. The summed E-state index contributed by atoms with van der Waals surface area (Å²) in [6, 6.07) is 9.30. The van der Waals surface area contributed by atoms with Gasteiger partial charge in [0.2, 0.25) is 0 Å². The third kappa shape index (κ3) is 2.72. The first-order valence-corrected chi connectivity index (χ1v) is 7.91. The van der Waals surface area contributed by atoms with Crippen LogP contribution in [0.1, 0.15) is 49.9 Å². The van der Waals surface area contributed by atoms with E-state index in [1.807, 2.05) is 0 Å². The molecule has 3 heteroatoms. The summed E-state index contributed by atoms with van der Waals surface area (Å²) in [4.78, 5) is 4.79. The van der Waals surface area contributed by atoms with Crippen molar-refractivity contribution in [3.8, 4) is 10.6 Å². The molecule has 0 bridgehead atoms. The first-order chi connectivity index (χ1) is 9.24. The summed E-state index contributed by atoms with van der Waals surface area (Å²) in [5.74, 6) is 0.587. The van der Waals surface area contributed by atoms with Crippen LogP contribution in [0.5, 0.6) is 0 Å².